The Morgan fingerprint density at radius 3 is 1.95 bits per heavy atom. The molecule has 1 heteroatoms. The lowest BCUT2D eigenvalue weighted by molar-refractivity contribution is 0.463. The molecule has 1 atom stereocenters. The first kappa shape index (κ1) is 13.4. The zero-order chi connectivity index (χ0) is 13.6. The van der Waals surface area contributed by atoms with Crippen LogP contribution >= 0.6 is 0 Å². The molecule has 1 heterocycles. The van der Waals surface area contributed by atoms with Crippen molar-refractivity contribution in [1.82, 2.24) is 5.32 Å². The maximum absolute atomic E-state index is 3.78. The number of hydrogen-bond donors (Lipinski definition) is 1. The second kappa shape index (κ2) is 6.71. The minimum atomic E-state index is 0.468. The van der Waals surface area contributed by atoms with Crippen molar-refractivity contribution < 1.29 is 0 Å². The topological polar surface area (TPSA) is 12.0 Å². The Hall–Kier alpha value is -1.60. The summed E-state index contributed by atoms with van der Waals surface area (Å²) >= 11 is 0. The minimum Gasteiger partial charge on any atom is -0.313 e. The molecule has 20 heavy (non-hydrogen) atoms. The molecule has 1 fully saturated rings. The smallest absolute Gasteiger partial charge is 0.0243 e. The van der Waals surface area contributed by atoms with Gasteiger partial charge in [-0.1, -0.05) is 73.5 Å². The van der Waals surface area contributed by atoms with E-state index in [2.05, 4.69) is 66.0 Å². The molecular weight excluding hydrogens is 242 g/mol. The largest absolute Gasteiger partial charge is 0.313 e. The van der Waals surface area contributed by atoms with Gasteiger partial charge in [0.2, 0.25) is 0 Å². The number of hydrogen-bond acceptors (Lipinski definition) is 1. The molecule has 0 aromatic heterocycles. The average Bonchev–Trinajstić information content (AvgIpc) is 2.79. The summed E-state index contributed by atoms with van der Waals surface area (Å²) in [7, 11) is 0. The van der Waals surface area contributed by atoms with Gasteiger partial charge in [-0.25, -0.2) is 0 Å². The van der Waals surface area contributed by atoms with Crippen molar-refractivity contribution in [3.63, 3.8) is 0 Å². The van der Waals surface area contributed by atoms with Gasteiger partial charge >= 0.3 is 0 Å². The van der Waals surface area contributed by atoms with E-state index in [1.165, 1.54) is 36.8 Å². The van der Waals surface area contributed by atoms with Crippen molar-refractivity contribution in [3.05, 3.63) is 71.8 Å². The lowest BCUT2D eigenvalue weighted by atomic mass is 9.83. The minimum absolute atomic E-state index is 0.468. The molecule has 0 aliphatic carbocycles. The molecule has 3 rings (SSSR count). The van der Waals surface area contributed by atoms with Gasteiger partial charge in [0.1, 0.15) is 0 Å². The van der Waals surface area contributed by atoms with Crippen molar-refractivity contribution in [2.45, 2.75) is 37.6 Å². The van der Waals surface area contributed by atoms with Gasteiger partial charge in [-0.05, 0) is 30.5 Å². The summed E-state index contributed by atoms with van der Waals surface area (Å²) in [5.74, 6) is 0.468. The molecule has 1 saturated heterocycles. The van der Waals surface area contributed by atoms with Crippen LogP contribution in [-0.2, 0) is 0 Å². The van der Waals surface area contributed by atoms with Crippen LogP contribution in [-0.4, -0.2) is 12.6 Å². The maximum Gasteiger partial charge on any atom is 0.0243 e. The molecule has 1 unspecified atom stereocenters. The van der Waals surface area contributed by atoms with E-state index >= 15 is 0 Å². The third-order valence-corrected chi connectivity index (χ3v) is 4.32. The standard InChI is InChI=1S/C19H23N/c1-4-10-16(11-5-1)19(17-12-6-2-7-13-17)18-14-8-3-9-15-20-18/h1-2,4-7,10-13,18-20H,3,8-9,14-15H2. The monoisotopic (exact) mass is 265 g/mol. The fourth-order valence-electron chi connectivity index (χ4n) is 3.32. The zero-order valence-corrected chi connectivity index (χ0v) is 12.0. The Balaban J connectivity index is 1.95. The highest BCUT2D eigenvalue weighted by atomic mass is 14.9. The number of nitrogens with one attached hydrogen (secondary N) is 1. The lowest BCUT2D eigenvalue weighted by Gasteiger charge is -2.28. The molecule has 0 radical (unpaired) electrons. The third-order valence-electron chi connectivity index (χ3n) is 4.32. The van der Waals surface area contributed by atoms with Crippen LogP contribution in [0, 0.1) is 0 Å². The zero-order valence-electron chi connectivity index (χ0n) is 12.0. The Kier molecular flexibility index (Phi) is 4.49. The first-order chi connectivity index (χ1) is 9.95. The summed E-state index contributed by atoms with van der Waals surface area (Å²) in [4.78, 5) is 0. The van der Waals surface area contributed by atoms with E-state index in [0.717, 1.165) is 6.54 Å². The lowest BCUT2D eigenvalue weighted by Crippen LogP contribution is -2.34. The predicted molar refractivity (Wildman–Crippen MR) is 85.0 cm³/mol. The summed E-state index contributed by atoms with van der Waals surface area (Å²) in [5.41, 5.74) is 2.86. The van der Waals surface area contributed by atoms with Crippen LogP contribution in [0.25, 0.3) is 0 Å². The van der Waals surface area contributed by atoms with Crippen LogP contribution in [0.4, 0.5) is 0 Å². The Labute approximate surface area is 122 Å². The normalized spacial score (nSPS) is 19.8. The molecule has 0 amide bonds. The van der Waals surface area contributed by atoms with Gasteiger partial charge in [-0.2, -0.15) is 0 Å². The molecule has 2 aromatic rings. The van der Waals surface area contributed by atoms with E-state index in [1.807, 2.05) is 0 Å². The van der Waals surface area contributed by atoms with E-state index < -0.39 is 0 Å². The van der Waals surface area contributed by atoms with Crippen LogP contribution in [0.1, 0.15) is 42.7 Å². The average molecular weight is 265 g/mol. The van der Waals surface area contributed by atoms with Crippen LogP contribution in [0.15, 0.2) is 60.7 Å². The van der Waals surface area contributed by atoms with Crippen LogP contribution < -0.4 is 5.32 Å². The highest BCUT2D eigenvalue weighted by Crippen LogP contribution is 2.31. The van der Waals surface area contributed by atoms with E-state index in [9.17, 15) is 0 Å². The summed E-state index contributed by atoms with van der Waals surface area (Å²) in [6, 6.07) is 22.5. The molecule has 1 nitrogen and oxygen atoms in total. The fourth-order valence-corrected chi connectivity index (χ4v) is 3.32. The first-order valence-corrected chi connectivity index (χ1v) is 7.78. The SMILES string of the molecule is c1ccc(C(c2ccccc2)C2CCCCCN2)cc1. The summed E-state index contributed by atoms with van der Waals surface area (Å²) in [6.07, 6.45) is 5.29. The second-order valence-corrected chi connectivity index (χ2v) is 5.71. The van der Waals surface area contributed by atoms with Crippen molar-refractivity contribution in [2.75, 3.05) is 6.54 Å². The van der Waals surface area contributed by atoms with E-state index in [0.29, 0.717) is 12.0 Å². The van der Waals surface area contributed by atoms with Crippen LogP contribution in [0.2, 0.25) is 0 Å². The second-order valence-electron chi connectivity index (χ2n) is 5.71. The summed E-state index contributed by atoms with van der Waals surface area (Å²) in [5, 5.41) is 3.78. The van der Waals surface area contributed by atoms with Gasteiger partial charge in [0.05, 0.1) is 0 Å². The van der Waals surface area contributed by atoms with Crippen molar-refractivity contribution in [3.8, 4) is 0 Å². The van der Waals surface area contributed by atoms with Crippen molar-refractivity contribution in [1.29, 1.82) is 0 Å². The molecule has 0 bridgehead atoms. The van der Waals surface area contributed by atoms with Crippen molar-refractivity contribution in [2.24, 2.45) is 0 Å². The molecule has 0 saturated carbocycles. The first-order valence-electron chi connectivity index (χ1n) is 7.78. The van der Waals surface area contributed by atoms with Gasteiger partial charge in [0.15, 0.2) is 0 Å². The third kappa shape index (κ3) is 3.10. The van der Waals surface area contributed by atoms with Gasteiger partial charge in [0, 0.05) is 12.0 Å². The van der Waals surface area contributed by atoms with Crippen LogP contribution in [0.3, 0.4) is 0 Å². The Morgan fingerprint density at radius 2 is 1.35 bits per heavy atom. The predicted octanol–water partition coefficient (Wildman–Crippen LogP) is 4.35. The number of benzene rings is 2. The van der Waals surface area contributed by atoms with E-state index in [1.54, 1.807) is 0 Å². The molecule has 0 spiro atoms. The summed E-state index contributed by atoms with van der Waals surface area (Å²) < 4.78 is 0. The summed E-state index contributed by atoms with van der Waals surface area (Å²) in [6.45, 7) is 1.15. The van der Waals surface area contributed by atoms with E-state index in [-0.39, 0.29) is 0 Å². The molecule has 1 N–H and O–H groups in total. The van der Waals surface area contributed by atoms with Crippen molar-refractivity contribution >= 4 is 0 Å². The van der Waals surface area contributed by atoms with Gasteiger partial charge in [-0.15, -0.1) is 0 Å². The van der Waals surface area contributed by atoms with E-state index in [4.69, 9.17) is 0 Å². The van der Waals surface area contributed by atoms with Gasteiger partial charge in [0.25, 0.3) is 0 Å². The van der Waals surface area contributed by atoms with Gasteiger partial charge in [-0.3, -0.25) is 0 Å². The molecule has 104 valence electrons. The number of rotatable bonds is 3. The maximum atomic E-state index is 3.78. The Morgan fingerprint density at radius 1 is 0.750 bits per heavy atom. The quantitative estimate of drug-likeness (QED) is 0.870. The molecular formula is C19H23N. The Bertz CT molecular complexity index is 458. The molecule has 1 aliphatic heterocycles. The fraction of sp³-hybridized carbons (Fsp3) is 0.368. The van der Waals surface area contributed by atoms with Gasteiger partial charge < -0.3 is 5.32 Å². The highest BCUT2D eigenvalue weighted by molar-refractivity contribution is 5.34. The van der Waals surface area contributed by atoms with Crippen LogP contribution in [0.5, 0.6) is 0 Å². The highest BCUT2D eigenvalue weighted by Gasteiger charge is 2.25. The molecule has 2 aromatic carbocycles. The molecule has 1 aliphatic rings.